The van der Waals surface area contributed by atoms with Crippen LogP contribution in [0, 0.1) is 12.8 Å². The molecule has 2 heterocycles. The van der Waals surface area contributed by atoms with Crippen molar-refractivity contribution in [3.63, 3.8) is 0 Å². The van der Waals surface area contributed by atoms with Crippen LogP contribution in [-0.2, 0) is 14.4 Å². The van der Waals surface area contributed by atoms with Crippen LogP contribution in [0.3, 0.4) is 0 Å². The molecule has 0 radical (unpaired) electrons. The number of benzene rings is 3. The Hall–Kier alpha value is -3.55. The number of amides is 2. The molecule has 0 bridgehead atoms. The fourth-order valence-electron chi connectivity index (χ4n) is 4.61. The molecule has 3 aromatic rings. The van der Waals surface area contributed by atoms with E-state index in [2.05, 4.69) is 0 Å². The lowest BCUT2D eigenvalue weighted by molar-refractivity contribution is -0.126. The minimum atomic E-state index is -1.000. The van der Waals surface area contributed by atoms with E-state index in [0.717, 1.165) is 0 Å². The molecule has 3 aromatic carbocycles. The maximum absolute atomic E-state index is 13.8. The first-order valence-electron chi connectivity index (χ1n) is 11.0. The van der Waals surface area contributed by atoms with Gasteiger partial charge in [0, 0.05) is 5.02 Å². The van der Waals surface area contributed by atoms with Gasteiger partial charge in [0.05, 0.1) is 24.0 Å². The summed E-state index contributed by atoms with van der Waals surface area (Å²) in [7, 11) is 0. The van der Waals surface area contributed by atoms with E-state index < -0.39 is 24.0 Å². The molecule has 3 atom stereocenters. The van der Waals surface area contributed by atoms with Crippen LogP contribution in [0.1, 0.15) is 24.1 Å². The molecule has 0 unspecified atom stereocenters. The number of anilines is 2. The second-order valence-corrected chi connectivity index (χ2v) is 8.62. The molecular formula is C26H23ClN2O5. The monoisotopic (exact) mass is 478 g/mol. The number of phenols is 1. The fraction of sp³-hybridized carbons (Fsp3) is 0.231. The van der Waals surface area contributed by atoms with E-state index >= 15 is 0 Å². The minimum Gasteiger partial charge on any atom is -0.504 e. The van der Waals surface area contributed by atoms with Gasteiger partial charge in [-0.3, -0.25) is 14.4 Å². The van der Waals surface area contributed by atoms with Crippen LogP contribution in [0.15, 0.2) is 66.7 Å². The highest BCUT2D eigenvalue weighted by molar-refractivity contribution is 6.32. The van der Waals surface area contributed by atoms with Crippen LogP contribution in [0.25, 0.3) is 0 Å². The van der Waals surface area contributed by atoms with Gasteiger partial charge < -0.3 is 9.84 Å². The summed E-state index contributed by atoms with van der Waals surface area (Å²) in [5.41, 5.74) is 2.49. The maximum atomic E-state index is 13.8. The Labute approximate surface area is 202 Å². The fourth-order valence-corrected chi connectivity index (χ4v) is 4.78. The highest BCUT2D eigenvalue weighted by Crippen LogP contribution is 2.49. The van der Waals surface area contributed by atoms with Gasteiger partial charge in [-0.1, -0.05) is 41.9 Å². The van der Waals surface area contributed by atoms with Crippen molar-refractivity contribution in [3.8, 4) is 11.5 Å². The summed E-state index contributed by atoms with van der Waals surface area (Å²) in [6.07, 6.45) is -1.000. The van der Waals surface area contributed by atoms with E-state index in [4.69, 9.17) is 21.2 Å². The summed E-state index contributed by atoms with van der Waals surface area (Å²) in [5.74, 6) is -1.30. The molecule has 2 aliphatic rings. The zero-order chi connectivity index (χ0) is 24.0. The number of carbonyl (C=O) groups excluding carboxylic acids is 2. The van der Waals surface area contributed by atoms with Gasteiger partial charge >= 0.3 is 0 Å². The number of fused-ring (bicyclic) bond motifs is 1. The standard InChI is InChI=1S/C26H23ClN2O5/c1-3-33-21-14-16(12-13-20(21)30)23-22-24(34-29(23)17-8-5-4-6-9-17)26(32)28(25(22)31)19-11-7-10-18(27)15(19)2/h4-14,22-24,30H,3H2,1-2H3/t22-,23-,24-/m0/s1. The summed E-state index contributed by atoms with van der Waals surface area (Å²) in [5, 5.41) is 12.3. The molecule has 34 heavy (non-hydrogen) atoms. The van der Waals surface area contributed by atoms with E-state index in [1.807, 2.05) is 37.3 Å². The normalized spacial score (nSPS) is 21.8. The Balaban J connectivity index is 1.61. The Morgan fingerprint density at radius 3 is 2.53 bits per heavy atom. The number of aromatic hydroxyl groups is 1. The molecule has 8 heteroatoms. The number of hydrogen-bond donors (Lipinski definition) is 1. The summed E-state index contributed by atoms with van der Waals surface area (Å²) in [4.78, 5) is 34.6. The lowest BCUT2D eigenvalue weighted by Crippen LogP contribution is -2.37. The van der Waals surface area contributed by atoms with E-state index in [-0.39, 0.29) is 11.7 Å². The summed E-state index contributed by atoms with van der Waals surface area (Å²) in [6.45, 7) is 3.96. The van der Waals surface area contributed by atoms with Gasteiger partial charge in [-0.25, -0.2) is 9.96 Å². The van der Waals surface area contributed by atoms with Gasteiger partial charge in [0.1, 0.15) is 5.92 Å². The maximum Gasteiger partial charge on any atom is 0.266 e. The Kier molecular flexibility index (Phi) is 5.67. The molecule has 1 N–H and O–H groups in total. The SMILES string of the molecule is CCOc1cc([C@H]2[C@@H]3C(=O)N(c4cccc(Cl)c4C)C(=O)[C@H]3ON2c2ccccc2)ccc1O. The number of para-hydroxylation sites is 1. The largest absolute Gasteiger partial charge is 0.504 e. The number of hydroxylamine groups is 1. The van der Waals surface area contributed by atoms with Crippen LogP contribution in [0.2, 0.25) is 5.02 Å². The van der Waals surface area contributed by atoms with Crippen molar-refractivity contribution in [2.45, 2.75) is 26.0 Å². The number of imide groups is 1. The van der Waals surface area contributed by atoms with Crippen LogP contribution in [0.4, 0.5) is 11.4 Å². The molecule has 7 nitrogen and oxygen atoms in total. The van der Waals surface area contributed by atoms with Gasteiger partial charge in [-0.2, -0.15) is 0 Å². The summed E-state index contributed by atoms with van der Waals surface area (Å²) >= 11 is 6.27. The predicted molar refractivity (Wildman–Crippen MR) is 128 cm³/mol. The highest BCUT2D eigenvalue weighted by atomic mass is 35.5. The number of carbonyl (C=O) groups is 2. The quantitative estimate of drug-likeness (QED) is 0.530. The second kappa shape index (κ2) is 8.66. The molecule has 2 saturated heterocycles. The number of phenolic OH excluding ortho intramolecular Hbond substituents is 1. The Morgan fingerprint density at radius 2 is 1.79 bits per heavy atom. The van der Waals surface area contributed by atoms with Crippen LogP contribution < -0.4 is 14.7 Å². The zero-order valence-corrected chi connectivity index (χ0v) is 19.4. The third-order valence-corrected chi connectivity index (χ3v) is 6.64. The molecule has 2 aliphatic heterocycles. The average Bonchev–Trinajstić information content (AvgIpc) is 3.34. The van der Waals surface area contributed by atoms with Crippen LogP contribution in [-0.4, -0.2) is 29.6 Å². The van der Waals surface area contributed by atoms with E-state index in [9.17, 15) is 14.7 Å². The number of nitrogens with zero attached hydrogens (tertiary/aromatic N) is 2. The lowest BCUT2D eigenvalue weighted by atomic mass is 9.90. The van der Waals surface area contributed by atoms with Crippen molar-refractivity contribution < 1.29 is 24.3 Å². The first-order chi connectivity index (χ1) is 16.4. The van der Waals surface area contributed by atoms with Crippen molar-refractivity contribution in [1.29, 1.82) is 0 Å². The van der Waals surface area contributed by atoms with Crippen LogP contribution in [0.5, 0.6) is 11.5 Å². The van der Waals surface area contributed by atoms with E-state index in [0.29, 0.717) is 39.9 Å². The number of hydrogen-bond acceptors (Lipinski definition) is 6. The van der Waals surface area contributed by atoms with Crippen molar-refractivity contribution in [1.82, 2.24) is 0 Å². The molecular weight excluding hydrogens is 456 g/mol. The highest BCUT2D eigenvalue weighted by Gasteiger charge is 2.60. The van der Waals surface area contributed by atoms with Gasteiger partial charge in [0.25, 0.3) is 5.91 Å². The van der Waals surface area contributed by atoms with Gasteiger partial charge in [0.2, 0.25) is 5.91 Å². The molecule has 0 spiro atoms. The molecule has 0 aliphatic carbocycles. The Bertz CT molecular complexity index is 1270. The molecule has 0 aromatic heterocycles. The van der Waals surface area contributed by atoms with Crippen molar-refractivity contribution >= 4 is 34.8 Å². The summed E-state index contributed by atoms with van der Waals surface area (Å²) < 4.78 is 5.57. The smallest absolute Gasteiger partial charge is 0.266 e. The zero-order valence-electron chi connectivity index (χ0n) is 18.6. The van der Waals surface area contributed by atoms with Crippen molar-refractivity contribution in [3.05, 3.63) is 82.9 Å². The number of ether oxygens (including phenoxy) is 1. The number of rotatable bonds is 5. The second-order valence-electron chi connectivity index (χ2n) is 8.21. The first-order valence-corrected chi connectivity index (χ1v) is 11.4. The van der Waals surface area contributed by atoms with Gasteiger partial charge in [-0.05, 0) is 61.4 Å². The molecule has 2 amide bonds. The van der Waals surface area contributed by atoms with Crippen molar-refractivity contribution in [2.24, 2.45) is 5.92 Å². The minimum absolute atomic E-state index is 0.00247. The molecule has 174 valence electrons. The summed E-state index contributed by atoms with van der Waals surface area (Å²) in [6, 6.07) is 18.7. The average molecular weight is 479 g/mol. The van der Waals surface area contributed by atoms with Gasteiger partial charge in [-0.15, -0.1) is 0 Å². The lowest BCUT2D eigenvalue weighted by Gasteiger charge is -2.29. The molecule has 2 fully saturated rings. The van der Waals surface area contributed by atoms with Crippen molar-refractivity contribution in [2.75, 3.05) is 16.6 Å². The van der Waals surface area contributed by atoms with E-state index in [1.165, 1.54) is 11.0 Å². The van der Waals surface area contributed by atoms with Gasteiger partial charge in [0.15, 0.2) is 17.6 Å². The molecule has 5 rings (SSSR count). The molecule has 0 saturated carbocycles. The first kappa shape index (κ1) is 22.3. The van der Waals surface area contributed by atoms with Crippen LogP contribution >= 0.6 is 11.6 Å². The van der Waals surface area contributed by atoms with E-state index in [1.54, 1.807) is 42.3 Å². The predicted octanol–water partition coefficient (Wildman–Crippen LogP) is 4.80. The Morgan fingerprint density at radius 1 is 1.03 bits per heavy atom. The third-order valence-electron chi connectivity index (χ3n) is 6.23. The topological polar surface area (TPSA) is 79.3 Å². The number of halogens is 1. The third kappa shape index (κ3) is 3.48.